The average molecular weight is 429 g/mol. The van der Waals surface area contributed by atoms with Crippen LogP contribution in [0.2, 0.25) is 0 Å². The average Bonchev–Trinajstić information content (AvgIpc) is 3.01. The summed E-state index contributed by atoms with van der Waals surface area (Å²) >= 11 is 9.94. The van der Waals surface area contributed by atoms with Crippen LogP contribution >= 0.6 is 39.5 Å². The predicted molar refractivity (Wildman–Crippen MR) is 103 cm³/mol. The molecule has 2 aromatic rings. The molecule has 0 radical (unpaired) electrons. The van der Waals surface area contributed by atoms with E-state index in [-0.39, 0.29) is 11.0 Å². The number of halogens is 1. The summed E-state index contributed by atoms with van der Waals surface area (Å²) in [6.45, 7) is 4.65. The molecule has 128 valence electrons. The van der Waals surface area contributed by atoms with E-state index < -0.39 is 0 Å². The van der Waals surface area contributed by atoms with Gasteiger partial charge in [-0.1, -0.05) is 25.2 Å². The van der Waals surface area contributed by atoms with Crippen LogP contribution in [-0.4, -0.2) is 27.8 Å². The maximum Gasteiger partial charge on any atom is 0.257 e. The number of hydrogen-bond acceptors (Lipinski definition) is 6. The van der Waals surface area contributed by atoms with Gasteiger partial charge >= 0.3 is 0 Å². The minimum atomic E-state index is -0.310. The summed E-state index contributed by atoms with van der Waals surface area (Å²) in [7, 11) is 0. The summed E-state index contributed by atoms with van der Waals surface area (Å²) in [4.78, 5) is 12.3. The number of aromatic nitrogens is 2. The third kappa shape index (κ3) is 5.22. The Morgan fingerprint density at radius 1 is 1.38 bits per heavy atom. The minimum absolute atomic E-state index is 0.182. The lowest BCUT2D eigenvalue weighted by atomic mass is 10.2. The number of anilines is 1. The second-order valence-corrected chi connectivity index (χ2v) is 7.08. The molecule has 2 N–H and O–H groups in total. The standard InChI is InChI=1S/C15H17BrN4O2S2/c1-3-7-22-11-6-5-9(8-10(11)16)13(21)17-14(23)18-15-20-19-12(4-2)24-15/h5-6,8H,3-4,7H2,1-2H3,(H2,17,18,20,21,23). The molecule has 0 saturated carbocycles. The molecule has 0 atom stereocenters. The van der Waals surface area contributed by atoms with Crippen molar-refractivity contribution in [1.29, 1.82) is 0 Å². The van der Waals surface area contributed by atoms with E-state index in [1.54, 1.807) is 18.2 Å². The lowest BCUT2D eigenvalue weighted by Crippen LogP contribution is -2.34. The molecule has 1 heterocycles. The zero-order chi connectivity index (χ0) is 17.5. The third-order valence-electron chi connectivity index (χ3n) is 2.87. The smallest absolute Gasteiger partial charge is 0.257 e. The summed E-state index contributed by atoms with van der Waals surface area (Å²) in [5.41, 5.74) is 0.474. The molecular formula is C15H17BrN4O2S2. The van der Waals surface area contributed by atoms with Crippen molar-refractivity contribution in [3.63, 3.8) is 0 Å². The van der Waals surface area contributed by atoms with E-state index >= 15 is 0 Å². The summed E-state index contributed by atoms with van der Waals surface area (Å²) in [5.74, 6) is 0.394. The minimum Gasteiger partial charge on any atom is -0.492 e. The van der Waals surface area contributed by atoms with Crippen LogP contribution in [0.5, 0.6) is 5.75 Å². The van der Waals surface area contributed by atoms with Gasteiger partial charge in [0.1, 0.15) is 10.8 Å². The fourth-order valence-electron chi connectivity index (χ4n) is 1.72. The molecule has 6 nitrogen and oxygen atoms in total. The summed E-state index contributed by atoms with van der Waals surface area (Å²) in [6, 6.07) is 5.14. The van der Waals surface area contributed by atoms with E-state index in [2.05, 4.69) is 36.8 Å². The number of thiocarbonyl (C=S) groups is 1. The maximum absolute atomic E-state index is 12.3. The summed E-state index contributed by atoms with van der Waals surface area (Å²) in [6.07, 6.45) is 1.72. The third-order valence-corrected chi connectivity index (χ3v) is 4.68. The van der Waals surface area contributed by atoms with Crippen LogP contribution in [0.25, 0.3) is 0 Å². The van der Waals surface area contributed by atoms with Crippen molar-refractivity contribution in [3.05, 3.63) is 33.2 Å². The van der Waals surface area contributed by atoms with Crippen LogP contribution < -0.4 is 15.4 Å². The monoisotopic (exact) mass is 428 g/mol. The highest BCUT2D eigenvalue weighted by molar-refractivity contribution is 9.10. The van der Waals surface area contributed by atoms with E-state index in [1.165, 1.54) is 11.3 Å². The van der Waals surface area contributed by atoms with E-state index in [0.29, 0.717) is 23.1 Å². The number of amides is 1. The van der Waals surface area contributed by atoms with Gasteiger partial charge in [0.15, 0.2) is 5.11 Å². The fourth-order valence-corrected chi connectivity index (χ4v) is 3.15. The Morgan fingerprint density at radius 2 is 2.17 bits per heavy atom. The molecule has 0 saturated heterocycles. The van der Waals surface area contributed by atoms with Gasteiger partial charge in [-0.3, -0.25) is 10.1 Å². The number of benzene rings is 1. The number of nitrogens with zero attached hydrogens (tertiary/aromatic N) is 2. The first-order valence-electron chi connectivity index (χ1n) is 7.40. The second-order valence-electron chi connectivity index (χ2n) is 4.76. The van der Waals surface area contributed by atoms with Crippen LogP contribution in [0.1, 0.15) is 35.6 Å². The number of carbonyl (C=O) groups excluding carboxylic acids is 1. The molecule has 0 aliphatic heterocycles. The van der Waals surface area contributed by atoms with Crippen LogP contribution in [0.4, 0.5) is 5.13 Å². The van der Waals surface area contributed by atoms with Crippen molar-refractivity contribution in [2.45, 2.75) is 26.7 Å². The first kappa shape index (κ1) is 18.8. The molecule has 2 rings (SSSR count). The zero-order valence-electron chi connectivity index (χ0n) is 13.3. The number of nitrogens with one attached hydrogen (secondary N) is 2. The number of aryl methyl sites for hydroxylation is 1. The Hall–Kier alpha value is -1.58. The lowest BCUT2D eigenvalue weighted by molar-refractivity contribution is 0.0977. The van der Waals surface area contributed by atoms with Gasteiger partial charge in [0, 0.05) is 5.56 Å². The first-order valence-corrected chi connectivity index (χ1v) is 9.42. The Kier molecular flexibility index (Phi) is 7.07. The van der Waals surface area contributed by atoms with Crippen LogP contribution in [0.3, 0.4) is 0 Å². The van der Waals surface area contributed by atoms with Crippen molar-refractivity contribution < 1.29 is 9.53 Å². The summed E-state index contributed by atoms with van der Waals surface area (Å²) < 4.78 is 6.28. The van der Waals surface area contributed by atoms with Gasteiger partial charge in [0.2, 0.25) is 5.13 Å². The van der Waals surface area contributed by atoms with E-state index in [9.17, 15) is 4.79 Å². The van der Waals surface area contributed by atoms with E-state index in [1.807, 2.05) is 13.8 Å². The Balaban J connectivity index is 1.96. The van der Waals surface area contributed by atoms with Gasteiger partial charge in [-0.15, -0.1) is 10.2 Å². The van der Waals surface area contributed by atoms with Gasteiger partial charge in [0.05, 0.1) is 11.1 Å². The number of hydrogen-bond donors (Lipinski definition) is 2. The van der Waals surface area contributed by atoms with Gasteiger partial charge in [0.25, 0.3) is 5.91 Å². The molecule has 1 aromatic carbocycles. The number of ether oxygens (including phenoxy) is 1. The molecule has 24 heavy (non-hydrogen) atoms. The van der Waals surface area contributed by atoms with Gasteiger partial charge < -0.3 is 10.1 Å². The SMILES string of the molecule is CCCOc1ccc(C(=O)NC(=S)Nc2nnc(CC)s2)cc1Br. The Morgan fingerprint density at radius 3 is 2.79 bits per heavy atom. The van der Waals surface area contributed by atoms with Crippen molar-refractivity contribution in [3.8, 4) is 5.75 Å². The van der Waals surface area contributed by atoms with Crippen molar-refractivity contribution in [1.82, 2.24) is 15.5 Å². The van der Waals surface area contributed by atoms with Crippen LogP contribution in [-0.2, 0) is 6.42 Å². The quantitative estimate of drug-likeness (QED) is 0.681. The summed E-state index contributed by atoms with van der Waals surface area (Å²) in [5, 5.41) is 15.1. The van der Waals surface area contributed by atoms with Crippen molar-refractivity contribution in [2.24, 2.45) is 0 Å². The second kappa shape index (κ2) is 9.05. The molecule has 0 unspecified atom stereocenters. The molecule has 0 fully saturated rings. The van der Waals surface area contributed by atoms with Crippen molar-refractivity contribution >= 4 is 55.6 Å². The normalized spacial score (nSPS) is 10.3. The highest BCUT2D eigenvalue weighted by Crippen LogP contribution is 2.26. The topological polar surface area (TPSA) is 76.1 Å². The largest absolute Gasteiger partial charge is 0.492 e. The Labute approximate surface area is 158 Å². The molecular weight excluding hydrogens is 412 g/mol. The fraction of sp³-hybridized carbons (Fsp3) is 0.333. The molecule has 0 aliphatic rings. The van der Waals surface area contributed by atoms with E-state index in [0.717, 1.165) is 22.3 Å². The van der Waals surface area contributed by atoms with Crippen LogP contribution in [0.15, 0.2) is 22.7 Å². The maximum atomic E-state index is 12.3. The van der Waals surface area contributed by atoms with Gasteiger partial charge in [-0.25, -0.2) is 0 Å². The first-order chi connectivity index (χ1) is 11.5. The molecule has 0 spiro atoms. The molecule has 9 heteroatoms. The zero-order valence-corrected chi connectivity index (χ0v) is 16.5. The number of carbonyl (C=O) groups is 1. The van der Waals surface area contributed by atoms with Gasteiger partial charge in [-0.05, 0) is 59.2 Å². The molecule has 1 aromatic heterocycles. The van der Waals surface area contributed by atoms with E-state index in [4.69, 9.17) is 17.0 Å². The number of rotatable bonds is 6. The highest BCUT2D eigenvalue weighted by Gasteiger charge is 2.12. The molecule has 0 aliphatic carbocycles. The Bertz CT molecular complexity index is 736. The lowest BCUT2D eigenvalue weighted by Gasteiger charge is -2.10. The van der Waals surface area contributed by atoms with Gasteiger partial charge in [-0.2, -0.15) is 0 Å². The predicted octanol–water partition coefficient (Wildman–Crippen LogP) is 3.78. The molecule has 0 bridgehead atoms. The molecule has 1 amide bonds. The van der Waals surface area contributed by atoms with Crippen molar-refractivity contribution in [2.75, 3.05) is 11.9 Å². The van der Waals surface area contributed by atoms with Crippen LogP contribution in [0, 0.1) is 0 Å². The highest BCUT2D eigenvalue weighted by atomic mass is 79.9.